The number of nitrogens with zero attached hydrogens (tertiary/aromatic N) is 2. The van der Waals surface area contributed by atoms with Crippen molar-refractivity contribution in [2.75, 3.05) is 31.8 Å². The van der Waals surface area contributed by atoms with Crippen molar-refractivity contribution >= 4 is 56.1 Å². The molecule has 0 radical (unpaired) electrons. The summed E-state index contributed by atoms with van der Waals surface area (Å²) in [5, 5.41) is 6.39. The number of anilines is 2. The van der Waals surface area contributed by atoms with Crippen molar-refractivity contribution in [1.82, 2.24) is 9.88 Å². The summed E-state index contributed by atoms with van der Waals surface area (Å²) in [6.45, 7) is 0.840. The zero-order valence-corrected chi connectivity index (χ0v) is 20.4. The summed E-state index contributed by atoms with van der Waals surface area (Å²) in [6.07, 6.45) is 0. The van der Waals surface area contributed by atoms with E-state index in [0.29, 0.717) is 28.1 Å². The first-order chi connectivity index (χ1) is 16.9. The van der Waals surface area contributed by atoms with E-state index in [-0.39, 0.29) is 5.91 Å². The standard InChI is InChI=1S/C27H24N4O3S/c1-31(2)14-16-4-8-19(9-5-16)29-25(17-7-11-23-22(12-17)28-15-35-23)24-20-10-6-18(27(33)34-3)13-21(20)30-26(24)32/h4-13,15,29H,14H2,1-3H3,(H,30,32). The molecule has 0 saturated heterocycles. The highest BCUT2D eigenvalue weighted by Crippen LogP contribution is 2.39. The molecule has 8 heteroatoms. The Morgan fingerprint density at radius 2 is 1.83 bits per heavy atom. The topological polar surface area (TPSA) is 83.6 Å². The van der Waals surface area contributed by atoms with Gasteiger partial charge in [0, 0.05) is 23.4 Å². The highest BCUT2D eigenvalue weighted by Gasteiger charge is 2.29. The third-order valence-corrected chi connectivity index (χ3v) is 6.59. The first-order valence-corrected chi connectivity index (χ1v) is 11.9. The van der Waals surface area contributed by atoms with Gasteiger partial charge in [-0.05, 0) is 56.1 Å². The summed E-state index contributed by atoms with van der Waals surface area (Å²) >= 11 is 1.57. The van der Waals surface area contributed by atoms with Crippen LogP contribution < -0.4 is 10.6 Å². The number of rotatable bonds is 6. The highest BCUT2D eigenvalue weighted by molar-refractivity contribution is 7.16. The van der Waals surface area contributed by atoms with Crippen LogP contribution in [0.5, 0.6) is 0 Å². The lowest BCUT2D eigenvalue weighted by molar-refractivity contribution is -0.110. The lowest BCUT2D eigenvalue weighted by atomic mass is 9.98. The molecule has 0 saturated carbocycles. The second-order valence-electron chi connectivity index (χ2n) is 8.55. The lowest BCUT2D eigenvalue weighted by Crippen LogP contribution is -2.11. The number of carbonyl (C=O) groups is 2. The zero-order chi connectivity index (χ0) is 24.5. The minimum atomic E-state index is -0.454. The highest BCUT2D eigenvalue weighted by atomic mass is 32.1. The number of fused-ring (bicyclic) bond motifs is 2. The molecule has 7 nitrogen and oxygen atoms in total. The molecule has 3 aromatic carbocycles. The van der Waals surface area contributed by atoms with Gasteiger partial charge >= 0.3 is 5.97 Å². The van der Waals surface area contributed by atoms with Crippen LogP contribution in [0.4, 0.5) is 11.4 Å². The van der Waals surface area contributed by atoms with Crippen LogP contribution in [0.15, 0.2) is 66.2 Å². The molecule has 0 bridgehead atoms. The zero-order valence-electron chi connectivity index (χ0n) is 19.6. The largest absolute Gasteiger partial charge is 0.465 e. The fraction of sp³-hybridized carbons (Fsp3) is 0.148. The van der Waals surface area contributed by atoms with E-state index in [4.69, 9.17) is 4.74 Å². The van der Waals surface area contributed by atoms with Gasteiger partial charge in [0.2, 0.25) is 0 Å². The molecule has 0 fully saturated rings. The Morgan fingerprint density at radius 1 is 1.06 bits per heavy atom. The van der Waals surface area contributed by atoms with E-state index >= 15 is 0 Å². The van der Waals surface area contributed by atoms with Crippen molar-refractivity contribution < 1.29 is 14.3 Å². The second-order valence-corrected chi connectivity index (χ2v) is 9.44. The molecular formula is C27H24N4O3S. The van der Waals surface area contributed by atoms with Crippen LogP contribution in [0.1, 0.15) is 27.0 Å². The Morgan fingerprint density at radius 3 is 2.57 bits per heavy atom. The van der Waals surface area contributed by atoms with E-state index in [1.807, 2.05) is 49.9 Å². The Balaban J connectivity index is 1.62. The van der Waals surface area contributed by atoms with Crippen LogP contribution >= 0.6 is 11.3 Å². The number of methoxy groups -OCH3 is 1. The summed E-state index contributed by atoms with van der Waals surface area (Å²) in [5.41, 5.74) is 8.41. The molecular weight excluding hydrogens is 460 g/mol. The summed E-state index contributed by atoms with van der Waals surface area (Å²) < 4.78 is 5.90. The lowest BCUT2D eigenvalue weighted by Gasteiger charge is -2.16. The van der Waals surface area contributed by atoms with Crippen LogP contribution in [0.3, 0.4) is 0 Å². The molecule has 0 aliphatic carbocycles. The molecule has 176 valence electrons. The monoisotopic (exact) mass is 484 g/mol. The van der Waals surface area contributed by atoms with Gasteiger partial charge in [-0.15, -0.1) is 11.3 Å². The van der Waals surface area contributed by atoms with Gasteiger partial charge < -0.3 is 20.3 Å². The van der Waals surface area contributed by atoms with Gasteiger partial charge in [-0.2, -0.15) is 0 Å². The van der Waals surface area contributed by atoms with Crippen molar-refractivity contribution in [3.8, 4) is 0 Å². The van der Waals surface area contributed by atoms with Gasteiger partial charge in [0.25, 0.3) is 5.91 Å². The number of esters is 1. The fourth-order valence-corrected chi connectivity index (χ4v) is 4.82. The number of carbonyl (C=O) groups excluding carboxylic acids is 2. The summed E-state index contributed by atoms with van der Waals surface area (Å²) in [4.78, 5) is 31.8. The van der Waals surface area contributed by atoms with Gasteiger partial charge in [0.1, 0.15) is 0 Å². The van der Waals surface area contributed by atoms with Gasteiger partial charge in [0.05, 0.1) is 45.4 Å². The van der Waals surface area contributed by atoms with Gasteiger partial charge in [-0.25, -0.2) is 9.78 Å². The maximum absolute atomic E-state index is 13.2. The molecule has 1 aliphatic rings. The molecule has 4 aromatic rings. The summed E-state index contributed by atoms with van der Waals surface area (Å²) in [7, 11) is 5.40. The first kappa shape index (κ1) is 22.8. The number of nitrogens with one attached hydrogen (secondary N) is 2. The number of ether oxygens (including phenoxy) is 1. The number of thiazole rings is 1. The average Bonchev–Trinajstić information content (AvgIpc) is 3.45. The van der Waals surface area contributed by atoms with Gasteiger partial charge in [0.15, 0.2) is 0 Å². The number of aromatic nitrogens is 1. The predicted molar refractivity (Wildman–Crippen MR) is 140 cm³/mol. The molecule has 0 unspecified atom stereocenters. The Hall–Kier alpha value is -4.01. The number of hydrogen-bond donors (Lipinski definition) is 2. The van der Waals surface area contributed by atoms with Crippen LogP contribution in [0.25, 0.3) is 21.5 Å². The van der Waals surface area contributed by atoms with E-state index in [9.17, 15) is 9.59 Å². The average molecular weight is 485 g/mol. The van der Waals surface area contributed by atoms with E-state index in [2.05, 4.69) is 32.7 Å². The first-order valence-electron chi connectivity index (χ1n) is 11.1. The number of amides is 1. The molecule has 2 N–H and O–H groups in total. The predicted octanol–water partition coefficient (Wildman–Crippen LogP) is 5.08. The van der Waals surface area contributed by atoms with Crippen molar-refractivity contribution in [2.24, 2.45) is 0 Å². The molecule has 1 aromatic heterocycles. The molecule has 35 heavy (non-hydrogen) atoms. The van der Waals surface area contributed by atoms with Crippen LogP contribution in [0.2, 0.25) is 0 Å². The second kappa shape index (κ2) is 9.32. The van der Waals surface area contributed by atoms with E-state index < -0.39 is 5.97 Å². The number of hydrogen-bond acceptors (Lipinski definition) is 7. The van der Waals surface area contributed by atoms with Crippen LogP contribution in [-0.4, -0.2) is 43.0 Å². The van der Waals surface area contributed by atoms with Gasteiger partial charge in [-0.3, -0.25) is 4.79 Å². The van der Waals surface area contributed by atoms with Crippen LogP contribution in [-0.2, 0) is 16.1 Å². The third kappa shape index (κ3) is 4.53. The van der Waals surface area contributed by atoms with Crippen molar-refractivity contribution in [3.63, 3.8) is 0 Å². The van der Waals surface area contributed by atoms with Crippen molar-refractivity contribution in [1.29, 1.82) is 0 Å². The van der Waals surface area contributed by atoms with Gasteiger partial charge in [-0.1, -0.05) is 24.3 Å². The summed E-state index contributed by atoms with van der Waals surface area (Å²) in [6, 6.07) is 19.2. The molecule has 2 heterocycles. The number of benzene rings is 3. The minimum Gasteiger partial charge on any atom is -0.465 e. The SMILES string of the molecule is COC(=O)c1ccc2c(c1)NC(=O)C2=C(Nc1ccc(CN(C)C)cc1)c1ccc2scnc2c1. The Kier molecular flexibility index (Phi) is 6.07. The van der Waals surface area contributed by atoms with E-state index in [1.165, 1.54) is 12.7 Å². The molecule has 0 spiro atoms. The Labute approximate surface area is 207 Å². The fourth-order valence-electron chi connectivity index (χ4n) is 4.16. The quantitative estimate of drug-likeness (QED) is 0.293. The van der Waals surface area contributed by atoms with Crippen LogP contribution in [0, 0.1) is 0 Å². The molecule has 1 aliphatic heterocycles. The minimum absolute atomic E-state index is 0.243. The maximum atomic E-state index is 13.2. The normalized spacial score (nSPS) is 14.1. The smallest absolute Gasteiger partial charge is 0.337 e. The third-order valence-electron chi connectivity index (χ3n) is 5.78. The maximum Gasteiger partial charge on any atom is 0.337 e. The molecule has 0 atom stereocenters. The van der Waals surface area contributed by atoms with Crippen molar-refractivity contribution in [2.45, 2.75) is 6.54 Å². The molecule has 5 rings (SSSR count). The van der Waals surface area contributed by atoms with E-state index in [0.717, 1.165) is 28.0 Å². The summed E-state index contributed by atoms with van der Waals surface area (Å²) in [5.74, 6) is -0.697. The van der Waals surface area contributed by atoms with E-state index in [1.54, 1.807) is 29.5 Å². The Bertz CT molecular complexity index is 1470. The molecule has 1 amide bonds. The van der Waals surface area contributed by atoms with Crippen molar-refractivity contribution in [3.05, 3.63) is 88.4 Å².